The van der Waals surface area contributed by atoms with Crippen molar-refractivity contribution in [1.82, 2.24) is 9.88 Å². The Labute approximate surface area is 243 Å². The molecule has 0 radical (unpaired) electrons. The molecule has 1 aliphatic heterocycles. The number of rotatable bonds is 10. The van der Waals surface area contributed by atoms with Crippen LogP contribution in [0.5, 0.6) is 11.5 Å². The Morgan fingerprint density at radius 3 is 2.15 bits per heavy atom. The molecule has 1 saturated heterocycles. The monoisotopic (exact) mass is 542 g/mol. The summed E-state index contributed by atoms with van der Waals surface area (Å²) in [6.45, 7) is 5.32. The van der Waals surface area contributed by atoms with Crippen molar-refractivity contribution in [2.45, 2.75) is 64.6 Å². The summed E-state index contributed by atoms with van der Waals surface area (Å²) >= 11 is 0. The summed E-state index contributed by atoms with van der Waals surface area (Å²) in [7, 11) is 0. The summed E-state index contributed by atoms with van der Waals surface area (Å²) in [6.07, 6.45) is 5.44. The van der Waals surface area contributed by atoms with E-state index in [4.69, 9.17) is 14.1 Å². The molecule has 2 heterocycles. The SMILES string of the molecule is Cc1oc(-c2ccccc2)nc1CCCc1ccc([C@H]2CC[C@H](C)N2Cc2ccc(Oc3ccccc3)cc2)cc1. The zero-order chi connectivity index (χ0) is 28.0. The molecular formula is C37H38N2O2. The highest BCUT2D eigenvalue weighted by Gasteiger charge is 2.31. The highest BCUT2D eigenvalue weighted by molar-refractivity contribution is 5.53. The van der Waals surface area contributed by atoms with Crippen LogP contribution in [0.1, 0.15) is 60.4 Å². The second-order valence-electron chi connectivity index (χ2n) is 11.2. The van der Waals surface area contributed by atoms with Gasteiger partial charge in [-0.3, -0.25) is 4.90 Å². The maximum Gasteiger partial charge on any atom is 0.226 e. The Bertz CT molecular complexity index is 1530. The number of para-hydroxylation sites is 1. The average Bonchev–Trinajstić information content (AvgIpc) is 3.57. The van der Waals surface area contributed by atoms with Gasteiger partial charge in [0.1, 0.15) is 17.3 Å². The van der Waals surface area contributed by atoms with Crippen LogP contribution < -0.4 is 4.74 Å². The lowest BCUT2D eigenvalue weighted by Gasteiger charge is -2.29. The van der Waals surface area contributed by atoms with Crippen LogP contribution in [0, 0.1) is 6.92 Å². The summed E-state index contributed by atoms with van der Waals surface area (Å²) in [5.74, 6) is 3.38. The molecule has 6 rings (SSSR count). The molecule has 0 spiro atoms. The first-order valence-electron chi connectivity index (χ1n) is 14.8. The van der Waals surface area contributed by atoms with Gasteiger partial charge in [0.15, 0.2) is 0 Å². The smallest absolute Gasteiger partial charge is 0.226 e. The fourth-order valence-corrected chi connectivity index (χ4v) is 5.89. The molecule has 4 nitrogen and oxygen atoms in total. The maximum atomic E-state index is 5.98. The number of hydrogen-bond donors (Lipinski definition) is 0. The van der Waals surface area contributed by atoms with E-state index in [-0.39, 0.29) is 0 Å². The van der Waals surface area contributed by atoms with Crippen LogP contribution in [0.25, 0.3) is 11.5 Å². The van der Waals surface area contributed by atoms with Gasteiger partial charge >= 0.3 is 0 Å². The van der Waals surface area contributed by atoms with Gasteiger partial charge in [-0.25, -0.2) is 4.98 Å². The molecule has 0 amide bonds. The molecule has 1 aliphatic rings. The van der Waals surface area contributed by atoms with Gasteiger partial charge in [0.05, 0.1) is 5.69 Å². The lowest BCUT2D eigenvalue weighted by Crippen LogP contribution is -2.29. The first-order valence-corrected chi connectivity index (χ1v) is 14.8. The van der Waals surface area contributed by atoms with Crippen molar-refractivity contribution in [3.05, 3.63) is 137 Å². The van der Waals surface area contributed by atoms with Crippen molar-refractivity contribution >= 4 is 0 Å². The van der Waals surface area contributed by atoms with Gasteiger partial charge in [-0.2, -0.15) is 0 Å². The molecule has 0 unspecified atom stereocenters. The number of likely N-dealkylation sites (tertiary alicyclic amines) is 1. The van der Waals surface area contributed by atoms with Crippen molar-refractivity contribution in [1.29, 1.82) is 0 Å². The molecular weight excluding hydrogens is 504 g/mol. The number of nitrogens with zero attached hydrogens (tertiary/aromatic N) is 2. The summed E-state index contributed by atoms with van der Waals surface area (Å²) in [5, 5.41) is 0. The van der Waals surface area contributed by atoms with Gasteiger partial charge in [0, 0.05) is 24.2 Å². The Hall–Kier alpha value is -4.15. The topological polar surface area (TPSA) is 38.5 Å². The van der Waals surface area contributed by atoms with E-state index in [0.29, 0.717) is 18.0 Å². The minimum Gasteiger partial charge on any atom is -0.457 e. The van der Waals surface area contributed by atoms with Gasteiger partial charge in [-0.05, 0) is 99.0 Å². The van der Waals surface area contributed by atoms with E-state index >= 15 is 0 Å². The van der Waals surface area contributed by atoms with Crippen LogP contribution >= 0.6 is 0 Å². The summed E-state index contributed by atoms with van der Waals surface area (Å²) in [4.78, 5) is 7.42. The zero-order valence-corrected chi connectivity index (χ0v) is 24.0. The number of ether oxygens (including phenoxy) is 1. The predicted molar refractivity (Wildman–Crippen MR) is 165 cm³/mol. The zero-order valence-electron chi connectivity index (χ0n) is 24.0. The highest BCUT2D eigenvalue weighted by Crippen LogP contribution is 2.37. The van der Waals surface area contributed by atoms with E-state index in [2.05, 4.69) is 60.4 Å². The van der Waals surface area contributed by atoms with Gasteiger partial charge in [-0.15, -0.1) is 0 Å². The maximum absolute atomic E-state index is 5.98. The van der Waals surface area contributed by atoms with Gasteiger partial charge in [-0.1, -0.05) is 72.8 Å². The molecule has 0 bridgehead atoms. The minimum atomic E-state index is 0.452. The lowest BCUT2D eigenvalue weighted by molar-refractivity contribution is 0.195. The number of benzene rings is 4. The largest absolute Gasteiger partial charge is 0.457 e. The van der Waals surface area contributed by atoms with Crippen LogP contribution in [0.15, 0.2) is 114 Å². The van der Waals surface area contributed by atoms with Gasteiger partial charge in [0.25, 0.3) is 0 Å². The van der Waals surface area contributed by atoms with Crippen molar-refractivity contribution in [3.63, 3.8) is 0 Å². The Kier molecular flexibility index (Phi) is 8.29. The third kappa shape index (κ3) is 6.61. The Morgan fingerprint density at radius 1 is 0.756 bits per heavy atom. The summed E-state index contributed by atoms with van der Waals surface area (Å²) in [5.41, 5.74) is 6.21. The van der Waals surface area contributed by atoms with Gasteiger partial charge < -0.3 is 9.15 Å². The van der Waals surface area contributed by atoms with Crippen LogP contribution in [-0.4, -0.2) is 15.9 Å². The Balaban J connectivity index is 1.04. The molecule has 2 atom stereocenters. The van der Waals surface area contributed by atoms with Crippen LogP contribution in [0.4, 0.5) is 0 Å². The number of hydrogen-bond acceptors (Lipinski definition) is 4. The number of aryl methyl sites for hydroxylation is 3. The second kappa shape index (κ2) is 12.6. The quantitative estimate of drug-likeness (QED) is 0.176. The molecule has 208 valence electrons. The molecule has 5 aromatic rings. The minimum absolute atomic E-state index is 0.452. The number of oxazole rings is 1. The van der Waals surface area contributed by atoms with Crippen LogP contribution in [-0.2, 0) is 19.4 Å². The van der Waals surface area contributed by atoms with Crippen molar-refractivity contribution in [2.24, 2.45) is 0 Å². The molecule has 0 saturated carbocycles. The van der Waals surface area contributed by atoms with Gasteiger partial charge in [0.2, 0.25) is 5.89 Å². The normalized spacial score (nSPS) is 17.1. The first-order chi connectivity index (χ1) is 20.1. The Morgan fingerprint density at radius 2 is 1.41 bits per heavy atom. The van der Waals surface area contributed by atoms with E-state index in [1.807, 2.05) is 67.6 Å². The van der Waals surface area contributed by atoms with Crippen molar-refractivity contribution in [3.8, 4) is 23.0 Å². The van der Waals surface area contributed by atoms with E-state index in [9.17, 15) is 0 Å². The highest BCUT2D eigenvalue weighted by atomic mass is 16.5. The van der Waals surface area contributed by atoms with E-state index in [1.54, 1.807) is 0 Å². The molecule has 4 heteroatoms. The predicted octanol–water partition coefficient (Wildman–Crippen LogP) is 9.34. The van der Waals surface area contributed by atoms with E-state index < -0.39 is 0 Å². The fraction of sp³-hybridized carbons (Fsp3) is 0.270. The summed E-state index contributed by atoms with van der Waals surface area (Å²) in [6, 6.07) is 39.0. The molecule has 4 aromatic carbocycles. The number of aromatic nitrogens is 1. The van der Waals surface area contributed by atoms with Crippen molar-refractivity contribution < 1.29 is 9.15 Å². The fourth-order valence-electron chi connectivity index (χ4n) is 5.89. The third-order valence-electron chi connectivity index (χ3n) is 8.25. The van der Waals surface area contributed by atoms with Crippen LogP contribution in [0.3, 0.4) is 0 Å². The lowest BCUT2D eigenvalue weighted by atomic mass is 10.00. The average molecular weight is 543 g/mol. The standard InChI is InChI=1S/C37H38N2O2/c1-27-16-25-36(39(27)26-30-19-23-34(24-20-30)41-33-13-7-4-8-14-33)31-21-17-29(18-22-31)10-9-15-35-28(2)40-37(38-35)32-11-5-3-6-12-32/h3-8,11-14,17-24,27,36H,9-10,15-16,25-26H2,1-2H3/t27-,36+/m0/s1. The van der Waals surface area contributed by atoms with E-state index in [0.717, 1.165) is 54.3 Å². The molecule has 1 fully saturated rings. The third-order valence-corrected chi connectivity index (χ3v) is 8.25. The molecule has 1 aromatic heterocycles. The molecule has 0 N–H and O–H groups in total. The van der Waals surface area contributed by atoms with Crippen LogP contribution in [0.2, 0.25) is 0 Å². The summed E-state index contributed by atoms with van der Waals surface area (Å²) < 4.78 is 11.9. The molecule has 0 aliphatic carbocycles. The van der Waals surface area contributed by atoms with E-state index in [1.165, 1.54) is 29.5 Å². The van der Waals surface area contributed by atoms with Crippen molar-refractivity contribution in [2.75, 3.05) is 0 Å². The first kappa shape index (κ1) is 27.0. The molecule has 41 heavy (non-hydrogen) atoms. The second-order valence-corrected chi connectivity index (χ2v) is 11.2.